The topological polar surface area (TPSA) is 149 Å². The van der Waals surface area contributed by atoms with Crippen LogP contribution in [0.4, 0.5) is 11.4 Å². The van der Waals surface area contributed by atoms with E-state index in [1.54, 1.807) is 12.1 Å². The summed E-state index contributed by atoms with van der Waals surface area (Å²) >= 11 is 6.76. The number of nitrogens with one attached hydrogen (secondary N) is 1. The second-order valence-corrected chi connectivity index (χ2v) is 10.6. The van der Waals surface area contributed by atoms with Crippen molar-refractivity contribution >= 4 is 65.3 Å². The highest BCUT2D eigenvalue weighted by Crippen LogP contribution is 2.34. The Morgan fingerprint density at radius 3 is 2.35 bits per heavy atom. The van der Waals surface area contributed by atoms with Crippen molar-refractivity contribution in [3.05, 3.63) is 90.4 Å². The van der Waals surface area contributed by atoms with Crippen molar-refractivity contribution in [1.29, 1.82) is 5.26 Å². The van der Waals surface area contributed by atoms with E-state index in [4.69, 9.17) is 8.92 Å². The van der Waals surface area contributed by atoms with E-state index in [1.807, 2.05) is 13.0 Å². The van der Waals surface area contributed by atoms with E-state index in [0.29, 0.717) is 20.2 Å². The van der Waals surface area contributed by atoms with E-state index in [1.165, 1.54) is 43.5 Å². The number of nitro benzene ring substituents is 1. The molecule has 0 aromatic heterocycles. The van der Waals surface area contributed by atoms with Crippen LogP contribution in [0.1, 0.15) is 11.1 Å². The van der Waals surface area contributed by atoms with Crippen molar-refractivity contribution in [2.75, 3.05) is 12.4 Å². The summed E-state index contributed by atoms with van der Waals surface area (Å²) < 4.78 is 37.1. The molecule has 3 rings (SSSR count). The second kappa shape index (κ2) is 11.5. The minimum atomic E-state index is -4.58. The van der Waals surface area contributed by atoms with Crippen LogP contribution in [0.3, 0.4) is 0 Å². The Morgan fingerprint density at radius 2 is 1.76 bits per heavy atom. The number of para-hydroxylation sites is 1. The van der Waals surface area contributed by atoms with Gasteiger partial charge in [-0.2, -0.15) is 13.7 Å². The first kappa shape index (κ1) is 27.9. The maximum absolute atomic E-state index is 12.8. The summed E-state index contributed by atoms with van der Waals surface area (Å²) in [6.07, 6.45) is 1.29. The van der Waals surface area contributed by atoms with Gasteiger partial charge < -0.3 is 14.2 Å². The minimum absolute atomic E-state index is 0.0439. The van der Waals surface area contributed by atoms with Crippen molar-refractivity contribution < 1.29 is 27.1 Å². The fraction of sp³-hybridized carbons (Fsp3) is 0.0833. The lowest BCUT2D eigenvalue weighted by Crippen LogP contribution is -2.14. The van der Waals surface area contributed by atoms with Crippen molar-refractivity contribution in [2.45, 2.75) is 11.8 Å². The van der Waals surface area contributed by atoms with Gasteiger partial charge in [-0.1, -0.05) is 18.2 Å². The van der Waals surface area contributed by atoms with Crippen molar-refractivity contribution in [3.63, 3.8) is 0 Å². The first-order chi connectivity index (χ1) is 17.5. The number of carbonyl (C=O) groups is 1. The number of nitro groups is 1. The van der Waals surface area contributed by atoms with Gasteiger partial charge in [0.1, 0.15) is 11.6 Å². The molecule has 13 heteroatoms. The standard InChI is InChI=1S/C24H17Br2N3O7S/c1-14-9-17(25)23(18(26)10-14)28-24(30)16(13-27)11-15-7-8-20(21(12-15)35-2)36-37(33,34)22-6-4-3-5-19(22)29(31)32/h3-12H,1-2H3,(H,28,30)/b16-11+. The smallest absolute Gasteiger partial charge is 0.346 e. The summed E-state index contributed by atoms with van der Waals surface area (Å²) in [5.41, 5.74) is 0.852. The molecule has 0 unspecified atom stereocenters. The molecule has 0 aliphatic heterocycles. The van der Waals surface area contributed by atoms with Crippen LogP contribution in [0.15, 0.2) is 74.0 Å². The van der Waals surface area contributed by atoms with Crippen LogP contribution in [-0.4, -0.2) is 26.4 Å². The number of hydrogen-bond acceptors (Lipinski definition) is 8. The largest absolute Gasteiger partial charge is 0.493 e. The number of aryl methyl sites for hydroxylation is 1. The van der Waals surface area contributed by atoms with E-state index in [9.17, 15) is 28.6 Å². The molecule has 0 saturated carbocycles. The van der Waals surface area contributed by atoms with Gasteiger partial charge in [-0.05, 0) is 86.3 Å². The molecule has 0 atom stereocenters. The van der Waals surface area contributed by atoms with E-state index >= 15 is 0 Å². The molecule has 0 heterocycles. The second-order valence-electron chi connectivity index (χ2n) is 7.40. The van der Waals surface area contributed by atoms with Crippen LogP contribution < -0.4 is 14.2 Å². The summed E-state index contributed by atoms with van der Waals surface area (Å²) in [5.74, 6) is -0.961. The molecule has 1 N–H and O–H groups in total. The normalized spacial score (nSPS) is 11.4. The van der Waals surface area contributed by atoms with Gasteiger partial charge in [-0.15, -0.1) is 0 Å². The molecule has 0 radical (unpaired) electrons. The van der Waals surface area contributed by atoms with Gasteiger partial charge in [0.2, 0.25) is 0 Å². The lowest BCUT2D eigenvalue weighted by atomic mass is 10.1. The minimum Gasteiger partial charge on any atom is -0.493 e. The van der Waals surface area contributed by atoms with Crippen molar-refractivity contribution in [1.82, 2.24) is 0 Å². The summed E-state index contributed by atoms with van der Waals surface area (Å²) in [6, 6.07) is 14.2. The number of halogens is 2. The van der Waals surface area contributed by atoms with Crippen LogP contribution in [0.2, 0.25) is 0 Å². The third-order valence-corrected chi connectivity index (χ3v) is 7.35. The number of carbonyl (C=O) groups excluding carboxylic acids is 1. The lowest BCUT2D eigenvalue weighted by molar-refractivity contribution is -0.387. The number of methoxy groups -OCH3 is 1. The van der Waals surface area contributed by atoms with E-state index in [-0.39, 0.29) is 17.1 Å². The highest BCUT2D eigenvalue weighted by atomic mass is 79.9. The molecule has 3 aromatic rings. The molecule has 3 aromatic carbocycles. The molecule has 0 saturated heterocycles. The summed E-state index contributed by atoms with van der Waals surface area (Å²) in [5, 5.41) is 23.5. The average molecular weight is 651 g/mol. The molecule has 0 spiro atoms. The van der Waals surface area contributed by atoms with Crippen molar-refractivity contribution in [3.8, 4) is 17.6 Å². The molecule has 190 valence electrons. The molecule has 1 amide bonds. The van der Waals surface area contributed by atoms with Gasteiger partial charge in [0.15, 0.2) is 16.4 Å². The lowest BCUT2D eigenvalue weighted by Gasteiger charge is -2.12. The predicted molar refractivity (Wildman–Crippen MR) is 143 cm³/mol. The van der Waals surface area contributed by atoms with Gasteiger partial charge in [0.05, 0.1) is 17.7 Å². The molecule has 0 aliphatic carbocycles. The quantitative estimate of drug-likeness (QED) is 0.106. The molecular formula is C24H17Br2N3O7S. The fourth-order valence-corrected chi connectivity index (χ4v) is 5.86. The summed E-state index contributed by atoms with van der Waals surface area (Å²) in [6.45, 7) is 1.88. The van der Waals surface area contributed by atoms with E-state index in [0.717, 1.165) is 17.7 Å². The Labute approximate surface area is 229 Å². The Hall–Kier alpha value is -3.73. The molecular weight excluding hydrogens is 634 g/mol. The number of nitriles is 1. The Kier molecular flexibility index (Phi) is 8.69. The van der Waals surface area contributed by atoms with Crippen LogP contribution >= 0.6 is 31.9 Å². The zero-order valence-corrected chi connectivity index (χ0v) is 23.2. The number of nitrogens with zero attached hydrogens (tertiary/aromatic N) is 2. The third kappa shape index (κ3) is 6.53. The van der Waals surface area contributed by atoms with Crippen LogP contribution in [0.25, 0.3) is 6.08 Å². The number of hydrogen-bond donors (Lipinski definition) is 1. The van der Waals surface area contributed by atoms with Gasteiger partial charge in [0, 0.05) is 15.0 Å². The Balaban J connectivity index is 1.91. The number of rotatable bonds is 8. The first-order valence-corrected chi connectivity index (χ1v) is 13.2. The molecule has 37 heavy (non-hydrogen) atoms. The van der Waals surface area contributed by atoms with Gasteiger partial charge in [-0.25, -0.2) is 0 Å². The van der Waals surface area contributed by atoms with E-state index < -0.39 is 31.5 Å². The summed E-state index contributed by atoms with van der Waals surface area (Å²) in [7, 11) is -3.32. The monoisotopic (exact) mass is 649 g/mol. The van der Waals surface area contributed by atoms with Crippen LogP contribution in [-0.2, 0) is 14.9 Å². The zero-order chi connectivity index (χ0) is 27.3. The van der Waals surface area contributed by atoms with Gasteiger partial charge in [0.25, 0.3) is 11.6 Å². The highest BCUT2D eigenvalue weighted by molar-refractivity contribution is 9.11. The molecule has 0 aliphatic rings. The number of ether oxygens (including phenoxy) is 1. The average Bonchev–Trinajstić information content (AvgIpc) is 2.85. The van der Waals surface area contributed by atoms with Gasteiger partial charge in [-0.3, -0.25) is 14.9 Å². The van der Waals surface area contributed by atoms with Crippen LogP contribution in [0, 0.1) is 28.4 Å². The van der Waals surface area contributed by atoms with E-state index in [2.05, 4.69) is 37.2 Å². The maximum Gasteiger partial charge on any atom is 0.346 e. The van der Waals surface area contributed by atoms with Crippen LogP contribution in [0.5, 0.6) is 11.5 Å². The first-order valence-electron chi connectivity index (χ1n) is 10.2. The summed E-state index contributed by atoms with van der Waals surface area (Å²) in [4.78, 5) is 22.5. The molecule has 0 fully saturated rings. The third-order valence-electron chi connectivity index (χ3n) is 4.82. The zero-order valence-electron chi connectivity index (χ0n) is 19.2. The number of benzene rings is 3. The number of amides is 1. The Bertz CT molecular complexity index is 1560. The van der Waals surface area contributed by atoms with Crippen molar-refractivity contribution in [2.24, 2.45) is 0 Å². The Morgan fingerprint density at radius 1 is 1.11 bits per heavy atom. The molecule has 0 bridgehead atoms. The number of anilines is 1. The molecule has 10 nitrogen and oxygen atoms in total. The van der Waals surface area contributed by atoms with Gasteiger partial charge >= 0.3 is 10.1 Å². The maximum atomic E-state index is 12.8. The predicted octanol–water partition coefficient (Wildman–Crippen LogP) is 5.75. The highest BCUT2D eigenvalue weighted by Gasteiger charge is 2.28. The SMILES string of the molecule is COc1cc(/C=C(\C#N)C(=O)Nc2c(Br)cc(C)cc2Br)ccc1OS(=O)(=O)c1ccccc1[N+](=O)[O-]. The fourth-order valence-electron chi connectivity index (χ4n) is 3.14.